The van der Waals surface area contributed by atoms with Gasteiger partial charge in [-0.05, 0) is 43.7 Å². The number of carbonyl (C=O) groups excluding carboxylic acids is 1. The van der Waals surface area contributed by atoms with E-state index in [1.165, 1.54) is 0 Å². The van der Waals surface area contributed by atoms with E-state index in [-0.39, 0.29) is 12.0 Å². The molecule has 0 fully saturated rings. The average molecular weight is 365 g/mol. The summed E-state index contributed by atoms with van der Waals surface area (Å²) in [7, 11) is 1.91. The second-order valence-electron chi connectivity index (χ2n) is 6.61. The minimum atomic E-state index is 0.00209. The molecule has 0 spiro atoms. The molecule has 0 saturated carbocycles. The SMILES string of the molecule is CC(OCCCNC(=O)CN(C)Cc1ccc(C#N)cc1)c1ccccc1. The molecule has 0 bridgehead atoms. The first kappa shape index (κ1) is 20.6. The van der Waals surface area contributed by atoms with Gasteiger partial charge < -0.3 is 10.1 Å². The fraction of sp³-hybridized carbons (Fsp3) is 0.364. The highest BCUT2D eigenvalue weighted by atomic mass is 16.5. The van der Waals surface area contributed by atoms with E-state index in [0.29, 0.717) is 31.8 Å². The van der Waals surface area contributed by atoms with Crippen LogP contribution >= 0.6 is 0 Å². The van der Waals surface area contributed by atoms with Crippen LogP contribution in [0.1, 0.15) is 36.1 Å². The molecule has 0 aliphatic heterocycles. The molecule has 27 heavy (non-hydrogen) atoms. The van der Waals surface area contributed by atoms with Gasteiger partial charge in [-0.3, -0.25) is 9.69 Å². The summed E-state index contributed by atoms with van der Waals surface area (Å²) in [6, 6.07) is 19.6. The van der Waals surface area contributed by atoms with Gasteiger partial charge in [-0.15, -0.1) is 0 Å². The van der Waals surface area contributed by atoms with Gasteiger partial charge in [-0.25, -0.2) is 0 Å². The molecule has 0 saturated heterocycles. The fourth-order valence-electron chi connectivity index (χ4n) is 2.73. The van der Waals surface area contributed by atoms with Crippen molar-refractivity contribution in [1.82, 2.24) is 10.2 Å². The van der Waals surface area contributed by atoms with Gasteiger partial charge in [-0.1, -0.05) is 42.5 Å². The van der Waals surface area contributed by atoms with E-state index in [2.05, 4.69) is 23.5 Å². The molecule has 1 atom stereocenters. The summed E-state index contributed by atoms with van der Waals surface area (Å²) in [6.07, 6.45) is 0.836. The Hall–Kier alpha value is -2.68. The summed E-state index contributed by atoms with van der Waals surface area (Å²) in [5.74, 6) is 0.00209. The van der Waals surface area contributed by atoms with Crippen LogP contribution in [0, 0.1) is 11.3 Å². The second-order valence-corrected chi connectivity index (χ2v) is 6.61. The average Bonchev–Trinajstić information content (AvgIpc) is 2.68. The Morgan fingerprint density at radius 2 is 1.89 bits per heavy atom. The Labute approximate surface area is 161 Å². The topological polar surface area (TPSA) is 65.4 Å². The Morgan fingerprint density at radius 3 is 2.56 bits per heavy atom. The molecule has 1 N–H and O–H groups in total. The molecule has 0 aromatic heterocycles. The van der Waals surface area contributed by atoms with Crippen molar-refractivity contribution >= 4 is 5.91 Å². The maximum Gasteiger partial charge on any atom is 0.234 e. The molecule has 0 radical (unpaired) electrons. The Bertz CT molecular complexity index is 738. The van der Waals surface area contributed by atoms with E-state index in [0.717, 1.165) is 17.5 Å². The number of likely N-dealkylation sites (N-methyl/N-ethyl adjacent to an activating group) is 1. The third-order valence-corrected chi connectivity index (χ3v) is 4.23. The van der Waals surface area contributed by atoms with E-state index < -0.39 is 0 Å². The van der Waals surface area contributed by atoms with Crippen molar-refractivity contribution in [3.63, 3.8) is 0 Å². The molecule has 0 aliphatic carbocycles. The van der Waals surface area contributed by atoms with Crippen molar-refractivity contribution in [2.45, 2.75) is 26.0 Å². The summed E-state index contributed by atoms with van der Waals surface area (Å²) >= 11 is 0. The Balaban J connectivity index is 1.59. The molecule has 2 rings (SSSR count). The minimum absolute atomic E-state index is 0.00209. The highest BCUT2D eigenvalue weighted by molar-refractivity contribution is 5.77. The summed E-state index contributed by atoms with van der Waals surface area (Å²) < 4.78 is 5.80. The number of amides is 1. The van der Waals surface area contributed by atoms with Gasteiger partial charge >= 0.3 is 0 Å². The number of nitrogens with zero attached hydrogens (tertiary/aromatic N) is 2. The lowest BCUT2D eigenvalue weighted by molar-refractivity contribution is -0.122. The smallest absolute Gasteiger partial charge is 0.234 e. The van der Waals surface area contributed by atoms with E-state index in [9.17, 15) is 4.79 Å². The molecular formula is C22H27N3O2. The molecule has 142 valence electrons. The first-order chi connectivity index (χ1) is 13.1. The van der Waals surface area contributed by atoms with Crippen LogP contribution < -0.4 is 5.32 Å². The third kappa shape index (κ3) is 7.61. The van der Waals surface area contributed by atoms with Crippen LogP contribution in [0.25, 0.3) is 0 Å². The lowest BCUT2D eigenvalue weighted by Gasteiger charge is -2.17. The van der Waals surface area contributed by atoms with Crippen molar-refractivity contribution in [3.05, 3.63) is 71.3 Å². The molecule has 5 nitrogen and oxygen atoms in total. The molecule has 2 aromatic carbocycles. The van der Waals surface area contributed by atoms with Crippen LogP contribution in [0.2, 0.25) is 0 Å². The summed E-state index contributed by atoms with van der Waals surface area (Å²) in [5, 5.41) is 11.7. The van der Waals surface area contributed by atoms with Crippen LogP contribution in [-0.4, -0.2) is 37.6 Å². The molecule has 0 aliphatic rings. The molecule has 5 heteroatoms. The lowest BCUT2D eigenvalue weighted by atomic mass is 10.1. The van der Waals surface area contributed by atoms with Gasteiger partial charge in [0.2, 0.25) is 5.91 Å². The predicted molar refractivity (Wildman–Crippen MR) is 106 cm³/mol. The van der Waals surface area contributed by atoms with Crippen LogP contribution in [-0.2, 0) is 16.1 Å². The molecule has 2 aromatic rings. The van der Waals surface area contributed by atoms with Crippen LogP contribution in [0.3, 0.4) is 0 Å². The number of nitrogens with one attached hydrogen (secondary N) is 1. The van der Waals surface area contributed by atoms with Crippen LogP contribution in [0.4, 0.5) is 0 Å². The van der Waals surface area contributed by atoms with Crippen LogP contribution in [0.15, 0.2) is 54.6 Å². The number of hydrogen-bond donors (Lipinski definition) is 1. The highest BCUT2D eigenvalue weighted by Gasteiger charge is 2.08. The molecule has 1 unspecified atom stereocenters. The van der Waals surface area contributed by atoms with Crippen molar-refractivity contribution in [2.24, 2.45) is 0 Å². The van der Waals surface area contributed by atoms with Crippen molar-refractivity contribution in [1.29, 1.82) is 5.26 Å². The van der Waals surface area contributed by atoms with Crippen molar-refractivity contribution in [2.75, 3.05) is 26.7 Å². The number of hydrogen-bond acceptors (Lipinski definition) is 4. The van der Waals surface area contributed by atoms with Gasteiger partial charge in [0.15, 0.2) is 0 Å². The lowest BCUT2D eigenvalue weighted by Crippen LogP contribution is -2.35. The minimum Gasteiger partial charge on any atom is -0.374 e. The standard InChI is InChI=1S/C22H27N3O2/c1-18(21-7-4-3-5-8-21)27-14-6-13-24-22(26)17-25(2)16-20-11-9-19(15-23)10-12-20/h3-5,7-12,18H,6,13-14,16-17H2,1-2H3,(H,24,26). The largest absolute Gasteiger partial charge is 0.374 e. The quantitative estimate of drug-likeness (QED) is 0.656. The second kappa shape index (κ2) is 11.1. The maximum atomic E-state index is 12.0. The first-order valence-corrected chi connectivity index (χ1v) is 9.19. The predicted octanol–water partition coefficient (Wildman–Crippen LogP) is 3.27. The monoisotopic (exact) mass is 365 g/mol. The van der Waals surface area contributed by atoms with E-state index in [1.807, 2.05) is 49.2 Å². The van der Waals surface area contributed by atoms with Crippen molar-refractivity contribution < 1.29 is 9.53 Å². The van der Waals surface area contributed by atoms with Gasteiger partial charge in [0, 0.05) is 19.7 Å². The zero-order chi connectivity index (χ0) is 19.5. The number of benzene rings is 2. The summed E-state index contributed by atoms with van der Waals surface area (Å²) in [6.45, 7) is 4.24. The summed E-state index contributed by atoms with van der Waals surface area (Å²) in [4.78, 5) is 14.0. The number of rotatable bonds is 10. The van der Waals surface area contributed by atoms with E-state index in [4.69, 9.17) is 10.00 Å². The molecular weight excluding hydrogens is 338 g/mol. The molecule has 1 amide bonds. The highest BCUT2D eigenvalue weighted by Crippen LogP contribution is 2.15. The third-order valence-electron chi connectivity index (χ3n) is 4.23. The molecule has 0 heterocycles. The number of ether oxygens (including phenoxy) is 1. The summed E-state index contributed by atoms with van der Waals surface area (Å²) in [5.41, 5.74) is 2.88. The van der Waals surface area contributed by atoms with E-state index in [1.54, 1.807) is 12.1 Å². The Kier molecular flexibility index (Phi) is 8.50. The van der Waals surface area contributed by atoms with Crippen LogP contribution in [0.5, 0.6) is 0 Å². The fourth-order valence-corrected chi connectivity index (χ4v) is 2.73. The van der Waals surface area contributed by atoms with Crippen molar-refractivity contribution in [3.8, 4) is 6.07 Å². The normalized spacial score (nSPS) is 11.8. The van der Waals surface area contributed by atoms with Gasteiger partial charge in [0.05, 0.1) is 24.3 Å². The maximum absolute atomic E-state index is 12.0. The Morgan fingerprint density at radius 1 is 1.19 bits per heavy atom. The first-order valence-electron chi connectivity index (χ1n) is 9.19. The number of carbonyl (C=O) groups is 1. The zero-order valence-corrected chi connectivity index (χ0v) is 16.0. The zero-order valence-electron chi connectivity index (χ0n) is 16.0. The van der Waals surface area contributed by atoms with Gasteiger partial charge in [0.25, 0.3) is 0 Å². The number of nitriles is 1. The van der Waals surface area contributed by atoms with E-state index >= 15 is 0 Å². The van der Waals surface area contributed by atoms with Gasteiger partial charge in [0.1, 0.15) is 0 Å². The van der Waals surface area contributed by atoms with Gasteiger partial charge in [-0.2, -0.15) is 5.26 Å².